The summed E-state index contributed by atoms with van der Waals surface area (Å²) < 4.78 is 10.3. The molecule has 0 aromatic rings. The van der Waals surface area contributed by atoms with Gasteiger partial charge in [0.1, 0.15) is 23.2 Å². The van der Waals surface area contributed by atoms with Crippen molar-refractivity contribution in [1.82, 2.24) is 15.5 Å². The Kier molecular flexibility index (Phi) is 10.5. The number of carbonyl (C=O) groups excluding carboxylic acids is 4. The quantitative estimate of drug-likeness (QED) is 0.258. The summed E-state index contributed by atoms with van der Waals surface area (Å²) in [5.41, 5.74) is -1.99. The molecule has 10 heteroatoms. The molecule has 2 aliphatic rings. The van der Waals surface area contributed by atoms with E-state index >= 15 is 0 Å². The number of allylic oxidation sites excluding steroid dienone is 1. The Hall–Kier alpha value is -2.88. The van der Waals surface area contributed by atoms with Crippen LogP contribution in [0.2, 0.25) is 0 Å². The maximum absolute atomic E-state index is 13.9. The van der Waals surface area contributed by atoms with Crippen molar-refractivity contribution in [1.29, 1.82) is 0 Å². The summed E-state index contributed by atoms with van der Waals surface area (Å²) >= 11 is 0. The smallest absolute Gasteiger partial charge is 0.408 e. The second kappa shape index (κ2) is 12.8. The Morgan fingerprint density at radius 1 is 1.21 bits per heavy atom. The Balaban J connectivity index is 2.27. The normalized spacial score (nSPS) is 26.9. The topological polar surface area (TPSA) is 134 Å². The van der Waals surface area contributed by atoms with Crippen molar-refractivity contribution in [2.45, 2.75) is 96.1 Å². The van der Waals surface area contributed by atoms with E-state index in [4.69, 9.17) is 9.47 Å². The van der Waals surface area contributed by atoms with Gasteiger partial charge in [0.25, 0.3) is 0 Å². The number of esters is 1. The minimum Gasteiger partial charge on any atom is -0.467 e. The van der Waals surface area contributed by atoms with E-state index in [1.165, 1.54) is 12.0 Å². The summed E-state index contributed by atoms with van der Waals surface area (Å²) in [6.45, 7) is 16.5. The van der Waals surface area contributed by atoms with Crippen LogP contribution in [0, 0.1) is 17.8 Å². The first-order valence-corrected chi connectivity index (χ1v) is 13.3. The summed E-state index contributed by atoms with van der Waals surface area (Å²) in [6, 6.07) is -1.99. The van der Waals surface area contributed by atoms with E-state index in [0.29, 0.717) is 12.8 Å². The maximum Gasteiger partial charge on any atom is 0.408 e. The van der Waals surface area contributed by atoms with Gasteiger partial charge in [-0.05, 0) is 58.3 Å². The number of nitrogens with zero attached hydrogens (tertiary/aromatic N) is 1. The van der Waals surface area contributed by atoms with E-state index in [1.807, 2.05) is 13.0 Å². The number of carbonyl (C=O) groups is 4. The van der Waals surface area contributed by atoms with Crippen molar-refractivity contribution in [2.24, 2.45) is 17.8 Å². The largest absolute Gasteiger partial charge is 0.467 e. The van der Waals surface area contributed by atoms with Crippen molar-refractivity contribution in [3.63, 3.8) is 0 Å². The van der Waals surface area contributed by atoms with Crippen molar-refractivity contribution < 1.29 is 33.8 Å². The number of likely N-dealkylation sites (tertiary alicyclic amines) is 1. The molecule has 1 unspecified atom stereocenters. The Morgan fingerprint density at radius 2 is 1.87 bits per heavy atom. The van der Waals surface area contributed by atoms with Gasteiger partial charge in [0.05, 0.1) is 13.2 Å². The molecule has 2 fully saturated rings. The lowest BCUT2D eigenvalue weighted by atomic mass is 9.88. The number of hydrogen-bond acceptors (Lipinski definition) is 7. The van der Waals surface area contributed by atoms with Gasteiger partial charge in [-0.3, -0.25) is 9.59 Å². The molecule has 1 heterocycles. The molecule has 3 amide bonds. The highest BCUT2D eigenvalue weighted by atomic mass is 16.6. The van der Waals surface area contributed by atoms with E-state index in [9.17, 15) is 24.3 Å². The van der Waals surface area contributed by atoms with Crippen LogP contribution in [0.3, 0.4) is 0 Å². The summed E-state index contributed by atoms with van der Waals surface area (Å²) in [5.74, 6) is -1.95. The predicted molar refractivity (Wildman–Crippen MR) is 143 cm³/mol. The monoisotopic (exact) mass is 535 g/mol. The second-order valence-corrected chi connectivity index (χ2v) is 11.7. The fourth-order valence-corrected chi connectivity index (χ4v) is 5.14. The SMILES string of the molecule is C=CCCC(C)C[C@@H](C)[C@H](NC(=O)OC(C)(C)C)C(=O)N1C[C@H](O)C[C@H]1C(=O)N[C@]1(C(=O)OC)C[C@H]1C=C. The molecular weight excluding hydrogens is 490 g/mol. The first kappa shape index (κ1) is 31.3. The van der Waals surface area contributed by atoms with Crippen LogP contribution >= 0.6 is 0 Å². The third-order valence-corrected chi connectivity index (χ3v) is 7.20. The van der Waals surface area contributed by atoms with E-state index < -0.39 is 53.2 Å². The summed E-state index contributed by atoms with van der Waals surface area (Å²) in [6.07, 6.45) is 4.47. The van der Waals surface area contributed by atoms with Gasteiger partial charge >= 0.3 is 12.1 Å². The zero-order valence-corrected chi connectivity index (χ0v) is 23.6. The highest BCUT2D eigenvalue weighted by molar-refractivity contribution is 5.96. The van der Waals surface area contributed by atoms with Crippen LogP contribution in [0.1, 0.15) is 66.7 Å². The number of rotatable bonds is 12. The van der Waals surface area contributed by atoms with Crippen LogP contribution in [-0.4, -0.2) is 76.9 Å². The van der Waals surface area contributed by atoms with Gasteiger partial charge in [-0.25, -0.2) is 9.59 Å². The lowest BCUT2D eigenvalue weighted by Crippen LogP contribution is -2.58. The number of alkyl carbamates (subject to hydrolysis) is 1. The Bertz CT molecular complexity index is 915. The van der Waals surface area contributed by atoms with E-state index in [2.05, 4.69) is 30.7 Å². The van der Waals surface area contributed by atoms with Crippen molar-refractivity contribution in [3.8, 4) is 0 Å². The number of aliphatic hydroxyl groups is 1. The molecule has 0 spiro atoms. The maximum atomic E-state index is 13.9. The van der Waals surface area contributed by atoms with Gasteiger partial charge < -0.3 is 30.1 Å². The van der Waals surface area contributed by atoms with E-state index in [-0.39, 0.29) is 30.7 Å². The van der Waals surface area contributed by atoms with Gasteiger partial charge in [-0.15, -0.1) is 13.2 Å². The fraction of sp³-hybridized carbons (Fsp3) is 0.714. The van der Waals surface area contributed by atoms with Crippen molar-refractivity contribution in [3.05, 3.63) is 25.3 Å². The Labute approximate surface area is 226 Å². The lowest BCUT2D eigenvalue weighted by Gasteiger charge is -2.33. The van der Waals surface area contributed by atoms with E-state index in [1.54, 1.807) is 26.8 Å². The first-order chi connectivity index (χ1) is 17.7. The average Bonchev–Trinajstić information content (AvgIpc) is 3.40. The van der Waals surface area contributed by atoms with Gasteiger partial charge in [0.2, 0.25) is 11.8 Å². The minimum atomic E-state index is -1.22. The zero-order valence-electron chi connectivity index (χ0n) is 23.6. The molecule has 38 heavy (non-hydrogen) atoms. The lowest BCUT2D eigenvalue weighted by molar-refractivity contribution is -0.148. The number of ether oxygens (including phenoxy) is 2. The standard InChI is InChI=1S/C28H45N3O7/c1-9-11-12-17(3)13-18(4)22(29-26(36)38-27(5,6)7)24(34)31-16-20(32)14-21(31)23(33)30-28(25(35)37-8)15-19(28)10-2/h9-10,17-22,32H,1-2,11-16H2,3-8H3,(H,29,36)(H,30,33)/t17?,18-,19-,20-,21+,22+,28-/m1/s1. The van der Waals surface area contributed by atoms with Crippen LogP contribution in [0.4, 0.5) is 4.79 Å². The molecule has 1 aliphatic carbocycles. The number of hydrogen-bond donors (Lipinski definition) is 3. The van der Waals surface area contributed by atoms with Crippen molar-refractivity contribution in [2.75, 3.05) is 13.7 Å². The fourth-order valence-electron chi connectivity index (χ4n) is 5.14. The number of nitrogens with one attached hydrogen (secondary N) is 2. The first-order valence-electron chi connectivity index (χ1n) is 13.3. The molecule has 2 rings (SSSR count). The third-order valence-electron chi connectivity index (χ3n) is 7.20. The number of amides is 3. The molecule has 0 radical (unpaired) electrons. The predicted octanol–water partition coefficient (Wildman–Crippen LogP) is 2.70. The minimum absolute atomic E-state index is 0.0108. The van der Waals surface area contributed by atoms with Crippen LogP contribution in [-0.2, 0) is 23.9 Å². The summed E-state index contributed by atoms with van der Waals surface area (Å²) in [7, 11) is 1.24. The second-order valence-electron chi connectivity index (χ2n) is 11.7. The number of β-amino-alcohol motifs (C(OH)–C–C–N with tert-alkyl or cyclic N) is 1. The van der Waals surface area contributed by atoms with Crippen LogP contribution < -0.4 is 10.6 Å². The highest BCUT2D eigenvalue weighted by Gasteiger charge is 2.61. The Morgan fingerprint density at radius 3 is 2.39 bits per heavy atom. The van der Waals surface area contributed by atoms with Gasteiger partial charge in [0.15, 0.2) is 0 Å². The van der Waals surface area contributed by atoms with Crippen LogP contribution in [0.5, 0.6) is 0 Å². The molecule has 0 bridgehead atoms. The number of aliphatic hydroxyl groups excluding tert-OH is 1. The average molecular weight is 536 g/mol. The molecular formula is C28H45N3O7. The zero-order chi connectivity index (χ0) is 28.8. The highest BCUT2D eigenvalue weighted by Crippen LogP contribution is 2.45. The number of methoxy groups -OCH3 is 1. The van der Waals surface area contributed by atoms with E-state index in [0.717, 1.165) is 12.8 Å². The van der Waals surface area contributed by atoms with Crippen molar-refractivity contribution >= 4 is 23.9 Å². The summed E-state index contributed by atoms with van der Waals surface area (Å²) in [4.78, 5) is 53.7. The van der Waals surface area contributed by atoms with Crippen LogP contribution in [0.15, 0.2) is 25.3 Å². The van der Waals surface area contributed by atoms with Gasteiger partial charge in [0, 0.05) is 18.9 Å². The molecule has 0 aromatic heterocycles. The molecule has 1 saturated heterocycles. The molecule has 3 N–H and O–H groups in total. The molecule has 10 nitrogen and oxygen atoms in total. The summed E-state index contributed by atoms with van der Waals surface area (Å²) in [5, 5.41) is 15.9. The molecule has 214 valence electrons. The molecule has 1 saturated carbocycles. The molecule has 1 aliphatic heterocycles. The molecule has 7 atom stereocenters. The van der Waals surface area contributed by atoms with Gasteiger partial charge in [-0.1, -0.05) is 26.0 Å². The molecule has 0 aromatic carbocycles. The third kappa shape index (κ3) is 7.82. The van der Waals surface area contributed by atoms with Crippen LogP contribution in [0.25, 0.3) is 0 Å². The van der Waals surface area contributed by atoms with Gasteiger partial charge in [-0.2, -0.15) is 0 Å².